The number of nitrogens with zero attached hydrogens (tertiary/aromatic N) is 4. The summed E-state index contributed by atoms with van der Waals surface area (Å²) < 4.78 is 5.43. The van der Waals surface area contributed by atoms with E-state index in [4.69, 9.17) is 16.3 Å². The Bertz CT molecular complexity index is 765. The zero-order valence-corrected chi connectivity index (χ0v) is 14.5. The summed E-state index contributed by atoms with van der Waals surface area (Å²) in [4.78, 5) is 24.9. The second kappa shape index (κ2) is 7.07. The van der Waals surface area contributed by atoms with Crippen molar-refractivity contribution in [2.75, 3.05) is 31.2 Å². The van der Waals surface area contributed by atoms with Crippen molar-refractivity contribution in [1.82, 2.24) is 14.9 Å². The van der Waals surface area contributed by atoms with Gasteiger partial charge in [-0.05, 0) is 17.2 Å². The number of halogens is 1. The first kappa shape index (κ1) is 16.4. The van der Waals surface area contributed by atoms with E-state index in [9.17, 15) is 4.79 Å². The highest BCUT2D eigenvalue weighted by molar-refractivity contribution is 6.28. The van der Waals surface area contributed by atoms with Crippen LogP contribution >= 0.6 is 11.6 Å². The van der Waals surface area contributed by atoms with Crippen molar-refractivity contribution in [1.29, 1.82) is 0 Å². The van der Waals surface area contributed by atoms with Gasteiger partial charge in [-0.2, -0.15) is 0 Å². The van der Waals surface area contributed by atoms with Crippen LogP contribution in [0.4, 0.5) is 5.82 Å². The molecule has 1 saturated heterocycles. The van der Waals surface area contributed by atoms with Crippen molar-refractivity contribution in [3.8, 4) is 0 Å². The van der Waals surface area contributed by atoms with E-state index in [0.717, 1.165) is 42.0 Å². The van der Waals surface area contributed by atoms with E-state index in [2.05, 4.69) is 31.9 Å². The average molecular weight is 359 g/mol. The number of aromatic nitrogens is 2. The number of aldehydes is 1. The smallest absolute Gasteiger partial charge is 0.224 e. The van der Waals surface area contributed by atoms with Crippen LogP contribution in [0.5, 0.6) is 0 Å². The molecule has 1 aromatic heterocycles. The summed E-state index contributed by atoms with van der Waals surface area (Å²) in [5.41, 5.74) is 2.89. The zero-order valence-electron chi connectivity index (χ0n) is 13.8. The first-order valence-electron chi connectivity index (χ1n) is 8.38. The maximum atomic E-state index is 11.8. The van der Waals surface area contributed by atoms with Gasteiger partial charge < -0.3 is 14.4 Å². The fourth-order valence-electron chi connectivity index (χ4n) is 3.49. The van der Waals surface area contributed by atoms with Gasteiger partial charge in [-0.1, -0.05) is 30.3 Å². The number of hydrogen-bond acceptors (Lipinski definition) is 6. The number of carbonyl (C=O) groups is 1. The Balaban J connectivity index is 1.67. The van der Waals surface area contributed by atoms with Gasteiger partial charge in [-0.25, -0.2) is 9.97 Å². The van der Waals surface area contributed by atoms with Crippen LogP contribution in [-0.4, -0.2) is 47.5 Å². The molecule has 0 bridgehead atoms. The zero-order chi connectivity index (χ0) is 17.2. The summed E-state index contributed by atoms with van der Waals surface area (Å²) in [5, 5.41) is 0.189. The Hall–Kier alpha value is -2.02. The van der Waals surface area contributed by atoms with E-state index in [1.54, 1.807) is 0 Å². The van der Waals surface area contributed by atoms with Crippen LogP contribution in [0, 0.1) is 0 Å². The quantitative estimate of drug-likeness (QED) is 0.617. The van der Waals surface area contributed by atoms with Gasteiger partial charge in [0.25, 0.3) is 0 Å². The SMILES string of the molecule is O=CC1c2nc(Cl)nc(N3CCOCC3)c2CN1Cc1ccccc1. The maximum Gasteiger partial charge on any atom is 0.224 e. The van der Waals surface area contributed by atoms with E-state index in [-0.39, 0.29) is 5.28 Å². The van der Waals surface area contributed by atoms with Gasteiger partial charge in [0.05, 0.1) is 18.9 Å². The van der Waals surface area contributed by atoms with E-state index < -0.39 is 6.04 Å². The van der Waals surface area contributed by atoms with Gasteiger partial charge in [0, 0.05) is 31.7 Å². The monoisotopic (exact) mass is 358 g/mol. The second-order valence-corrected chi connectivity index (χ2v) is 6.59. The Morgan fingerprint density at radius 2 is 1.96 bits per heavy atom. The third kappa shape index (κ3) is 3.25. The molecular formula is C18H19ClN4O2. The molecule has 3 heterocycles. The van der Waals surface area contributed by atoms with Crippen LogP contribution in [0.1, 0.15) is 22.9 Å². The molecule has 1 unspecified atom stereocenters. The molecule has 130 valence electrons. The Kier molecular flexibility index (Phi) is 4.65. The molecule has 1 atom stereocenters. The minimum absolute atomic E-state index is 0.189. The Morgan fingerprint density at radius 1 is 1.20 bits per heavy atom. The average Bonchev–Trinajstić information content (AvgIpc) is 2.99. The number of fused-ring (bicyclic) bond motifs is 1. The lowest BCUT2D eigenvalue weighted by molar-refractivity contribution is -0.112. The van der Waals surface area contributed by atoms with Crippen molar-refractivity contribution in [2.45, 2.75) is 19.1 Å². The highest BCUT2D eigenvalue weighted by Gasteiger charge is 2.35. The minimum atomic E-state index is -0.393. The molecule has 1 aromatic carbocycles. The molecule has 0 radical (unpaired) electrons. The third-order valence-electron chi connectivity index (χ3n) is 4.69. The number of benzene rings is 1. The molecule has 0 amide bonds. The molecule has 7 heteroatoms. The van der Waals surface area contributed by atoms with Gasteiger partial charge in [0.15, 0.2) is 0 Å². The highest BCUT2D eigenvalue weighted by Crippen LogP contribution is 2.37. The lowest BCUT2D eigenvalue weighted by atomic mass is 10.1. The van der Waals surface area contributed by atoms with Gasteiger partial charge in [0.2, 0.25) is 5.28 Å². The summed E-state index contributed by atoms with van der Waals surface area (Å²) in [6.45, 7) is 4.19. The topological polar surface area (TPSA) is 58.6 Å². The fourth-order valence-corrected chi connectivity index (χ4v) is 3.66. The number of morpholine rings is 1. The predicted molar refractivity (Wildman–Crippen MR) is 94.6 cm³/mol. The fraction of sp³-hybridized carbons (Fsp3) is 0.389. The van der Waals surface area contributed by atoms with Crippen molar-refractivity contribution in [3.63, 3.8) is 0 Å². The lowest BCUT2D eigenvalue weighted by Gasteiger charge is -2.29. The third-order valence-corrected chi connectivity index (χ3v) is 4.86. The molecule has 2 aliphatic rings. The molecule has 2 aliphatic heterocycles. The number of hydrogen-bond donors (Lipinski definition) is 0. The van der Waals surface area contributed by atoms with E-state index >= 15 is 0 Å². The Labute approximate surface area is 151 Å². The minimum Gasteiger partial charge on any atom is -0.378 e. The van der Waals surface area contributed by atoms with E-state index in [1.165, 1.54) is 0 Å². The summed E-state index contributed by atoms with van der Waals surface area (Å²) >= 11 is 6.16. The number of anilines is 1. The number of carbonyl (C=O) groups excluding carboxylic acids is 1. The first-order valence-corrected chi connectivity index (χ1v) is 8.76. The molecule has 25 heavy (non-hydrogen) atoms. The summed E-state index contributed by atoms with van der Waals surface area (Å²) in [5.74, 6) is 0.834. The molecule has 0 aliphatic carbocycles. The van der Waals surface area contributed by atoms with Crippen LogP contribution in [-0.2, 0) is 22.6 Å². The van der Waals surface area contributed by atoms with Crippen LogP contribution in [0.2, 0.25) is 5.28 Å². The molecule has 2 aromatic rings. The van der Waals surface area contributed by atoms with E-state index in [1.807, 2.05) is 18.2 Å². The largest absolute Gasteiger partial charge is 0.378 e. The predicted octanol–water partition coefficient (Wildman–Crippen LogP) is 2.22. The van der Waals surface area contributed by atoms with Crippen LogP contribution in [0.3, 0.4) is 0 Å². The molecule has 4 rings (SSSR count). The normalized spacial score (nSPS) is 20.5. The van der Waals surface area contributed by atoms with Crippen molar-refractivity contribution < 1.29 is 9.53 Å². The maximum absolute atomic E-state index is 11.8. The second-order valence-electron chi connectivity index (χ2n) is 6.25. The first-order chi connectivity index (χ1) is 12.3. The van der Waals surface area contributed by atoms with Gasteiger partial charge >= 0.3 is 0 Å². The molecule has 0 N–H and O–H groups in total. The van der Waals surface area contributed by atoms with Gasteiger partial charge in [0.1, 0.15) is 18.1 Å². The van der Waals surface area contributed by atoms with Crippen LogP contribution in [0.15, 0.2) is 30.3 Å². The molecule has 0 saturated carbocycles. The van der Waals surface area contributed by atoms with Crippen molar-refractivity contribution in [2.24, 2.45) is 0 Å². The number of rotatable bonds is 4. The van der Waals surface area contributed by atoms with Crippen LogP contribution in [0.25, 0.3) is 0 Å². The molecular weight excluding hydrogens is 340 g/mol. The van der Waals surface area contributed by atoms with Crippen LogP contribution < -0.4 is 4.90 Å². The van der Waals surface area contributed by atoms with Crippen molar-refractivity contribution in [3.05, 3.63) is 52.4 Å². The van der Waals surface area contributed by atoms with Gasteiger partial charge in [-0.3, -0.25) is 4.90 Å². The highest BCUT2D eigenvalue weighted by atomic mass is 35.5. The summed E-state index contributed by atoms with van der Waals surface area (Å²) in [6, 6.07) is 9.73. The Morgan fingerprint density at radius 3 is 2.68 bits per heavy atom. The standard InChI is InChI=1S/C18H19ClN4O2/c19-18-20-16-14(17(21-18)22-6-8-25-9-7-22)11-23(15(16)12-24)10-13-4-2-1-3-5-13/h1-5,12,15H,6-11H2. The number of ether oxygens (including phenoxy) is 1. The molecule has 1 fully saturated rings. The molecule has 0 spiro atoms. The lowest BCUT2D eigenvalue weighted by Crippen LogP contribution is -2.37. The van der Waals surface area contributed by atoms with Crippen molar-refractivity contribution >= 4 is 23.7 Å². The van der Waals surface area contributed by atoms with Gasteiger partial charge in [-0.15, -0.1) is 0 Å². The molecule has 6 nitrogen and oxygen atoms in total. The van der Waals surface area contributed by atoms with E-state index in [0.29, 0.717) is 26.3 Å². The summed E-state index contributed by atoms with van der Waals surface area (Å²) in [6.07, 6.45) is 0.946. The summed E-state index contributed by atoms with van der Waals surface area (Å²) in [7, 11) is 0.